The molecule has 0 aromatic carbocycles. The summed E-state index contributed by atoms with van der Waals surface area (Å²) in [4.78, 5) is 0. The van der Waals surface area contributed by atoms with E-state index in [1.54, 1.807) is 0 Å². The Morgan fingerprint density at radius 2 is 1.58 bits per heavy atom. The molecule has 0 nitrogen and oxygen atoms in total. The first-order chi connectivity index (χ1) is 5.62. The van der Waals surface area contributed by atoms with Gasteiger partial charge in [0.2, 0.25) is 0 Å². The Bertz CT molecular complexity index is 165. The van der Waals surface area contributed by atoms with Gasteiger partial charge in [-0.15, -0.1) is 0 Å². The van der Waals surface area contributed by atoms with Gasteiger partial charge >= 0.3 is 0 Å². The molecular formula is C10H17BI. The second kappa shape index (κ2) is 3.18. The molecular weight excluding hydrogens is 258 g/mol. The highest BCUT2D eigenvalue weighted by Gasteiger charge is 2.42. The lowest BCUT2D eigenvalue weighted by Crippen LogP contribution is -2.39. The van der Waals surface area contributed by atoms with Gasteiger partial charge in [0.1, 0.15) is 7.28 Å². The Hall–Kier alpha value is 0.795. The van der Waals surface area contributed by atoms with Gasteiger partial charge in [0, 0.05) is 0 Å². The van der Waals surface area contributed by atoms with Crippen molar-refractivity contribution in [1.82, 2.24) is 0 Å². The summed E-state index contributed by atoms with van der Waals surface area (Å²) in [6, 6.07) is 0. The summed E-state index contributed by atoms with van der Waals surface area (Å²) in [6.07, 6.45) is 10.1. The van der Waals surface area contributed by atoms with Crippen molar-refractivity contribution in [1.29, 1.82) is 0 Å². The van der Waals surface area contributed by atoms with E-state index in [1.165, 1.54) is 44.9 Å². The zero-order chi connectivity index (χ0) is 8.66. The molecule has 2 rings (SSSR count). The number of halogens is 1. The first kappa shape index (κ1) is 9.35. The van der Waals surface area contributed by atoms with Crippen LogP contribution in [-0.4, -0.2) is 10.6 Å². The quantitative estimate of drug-likeness (QED) is 0.358. The van der Waals surface area contributed by atoms with E-state index in [2.05, 4.69) is 36.8 Å². The van der Waals surface area contributed by atoms with Crippen molar-refractivity contribution in [2.24, 2.45) is 0 Å². The summed E-state index contributed by atoms with van der Waals surface area (Å²) in [5, 5.41) is 0.593. The lowest BCUT2D eigenvalue weighted by Gasteiger charge is -2.40. The Morgan fingerprint density at radius 3 is 2.42 bits per heavy atom. The molecule has 2 unspecified atom stereocenters. The minimum absolute atomic E-state index is 0.571. The molecule has 2 aliphatic rings. The fourth-order valence-electron chi connectivity index (χ4n) is 2.90. The molecule has 0 aromatic heterocycles. The molecule has 0 spiro atoms. The van der Waals surface area contributed by atoms with Gasteiger partial charge in [0.25, 0.3) is 0 Å². The van der Waals surface area contributed by atoms with E-state index in [1.807, 2.05) is 0 Å². The van der Waals surface area contributed by atoms with Gasteiger partial charge in [-0.05, 0) is 16.2 Å². The Kier molecular flexibility index (Phi) is 2.48. The van der Waals surface area contributed by atoms with Crippen LogP contribution in [-0.2, 0) is 0 Å². The van der Waals surface area contributed by atoms with E-state index >= 15 is 0 Å². The van der Waals surface area contributed by atoms with Gasteiger partial charge in [-0.25, -0.2) is 0 Å². The van der Waals surface area contributed by atoms with Crippen LogP contribution in [0.4, 0.5) is 0 Å². The maximum absolute atomic E-state index is 2.70. The van der Waals surface area contributed by atoms with Crippen molar-refractivity contribution >= 4 is 29.9 Å². The van der Waals surface area contributed by atoms with Crippen molar-refractivity contribution in [3.05, 3.63) is 0 Å². The van der Waals surface area contributed by atoms with Crippen LogP contribution in [0.25, 0.3) is 0 Å². The summed E-state index contributed by atoms with van der Waals surface area (Å²) in [7, 11) is 2.68. The minimum atomic E-state index is 0.571. The molecule has 1 radical (unpaired) electrons. The minimum Gasteiger partial charge on any atom is -0.0887 e. The molecule has 0 aliphatic carbocycles. The van der Waals surface area contributed by atoms with Gasteiger partial charge in [0.15, 0.2) is 0 Å². The third kappa shape index (κ3) is 1.83. The summed E-state index contributed by atoms with van der Waals surface area (Å²) in [5.41, 5.74) is 0. The Morgan fingerprint density at radius 1 is 1.00 bits per heavy atom. The first-order valence-corrected chi connectivity index (χ1v) is 6.26. The average Bonchev–Trinajstić information content (AvgIpc) is 2.06. The fraction of sp³-hybridized carbons (Fsp3) is 1.00. The molecule has 2 saturated heterocycles. The average molecular weight is 275 g/mol. The van der Waals surface area contributed by atoms with Gasteiger partial charge in [0.05, 0.1) is 0 Å². The molecule has 0 N–H and O–H groups in total. The van der Waals surface area contributed by atoms with E-state index in [-0.39, 0.29) is 0 Å². The lowest BCUT2D eigenvalue weighted by molar-refractivity contribution is 0.455. The molecule has 2 aliphatic heterocycles. The van der Waals surface area contributed by atoms with Crippen molar-refractivity contribution in [2.45, 2.75) is 60.5 Å². The number of hydrogen-bond acceptors (Lipinski definition) is 0. The van der Waals surface area contributed by atoms with Crippen LogP contribution in [0, 0.1) is 0 Å². The second-order valence-corrected chi connectivity index (χ2v) is 7.04. The SMILES string of the molecule is CC12[B]C(I)(CCCC1)CCC2. The van der Waals surface area contributed by atoms with Crippen molar-refractivity contribution in [2.75, 3.05) is 0 Å². The molecule has 2 heterocycles. The monoisotopic (exact) mass is 275 g/mol. The van der Waals surface area contributed by atoms with E-state index in [0.29, 0.717) is 8.64 Å². The predicted molar refractivity (Wildman–Crippen MR) is 63.2 cm³/mol. The van der Waals surface area contributed by atoms with Crippen LogP contribution >= 0.6 is 22.6 Å². The van der Waals surface area contributed by atoms with Gasteiger partial charge in [-0.2, -0.15) is 0 Å². The third-order valence-electron chi connectivity index (χ3n) is 3.54. The smallest absolute Gasteiger partial charge is 0.0887 e. The molecule has 12 heavy (non-hydrogen) atoms. The van der Waals surface area contributed by atoms with Crippen molar-refractivity contribution in [3.63, 3.8) is 0 Å². The standard InChI is InChI=1S/C10H17BI/c1-9-5-2-3-7-10(12,11-9)8-4-6-9/h2-8H2,1H3. The molecule has 2 fully saturated rings. The van der Waals surface area contributed by atoms with Crippen molar-refractivity contribution in [3.8, 4) is 0 Å². The molecule has 0 aromatic rings. The zero-order valence-electron chi connectivity index (χ0n) is 7.91. The molecule has 0 amide bonds. The molecule has 0 saturated carbocycles. The van der Waals surface area contributed by atoms with Crippen molar-refractivity contribution < 1.29 is 0 Å². The van der Waals surface area contributed by atoms with Gasteiger partial charge in [-0.3, -0.25) is 0 Å². The van der Waals surface area contributed by atoms with Crippen LogP contribution < -0.4 is 0 Å². The highest BCUT2D eigenvalue weighted by Crippen LogP contribution is 2.51. The number of fused-ring (bicyclic) bond motifs is 2. The van der Waals surface area contributed by atoms with Gasteiger partial charge < -0.3 is 0 Å². The summed E-state index contributed by atoms with van der Waals surface area (Å²) < 4.78 is 0.571. The number of rotatable bonds is 0. The topological polar surface area (TPSA) is 0 Å². The van der Waals surface area contributed by atoms with Crippen LogP contribution in [0.1, 0.15) is 51.9 Å². The highest BCUT2D eigenvalue weighted by molar-refractivity contribution is 14.1. The molecule has 67 valence electrons. The zero-order valence-corrected chi connectivity index (χ0v) is 10.1. The predicted octanol–water partition coefficient (Wildman–Crippen LogP) is 3.76. The van der Waals surface area contributed by atoms with Crippen LogP contribution in [0.3, 0.4) is 0 Å². The van der Waals surface area contributed by atoms with E-state index in [0.717, 1.165) is 0 Å². The fourth-order valence-corrected chi connectivity index (χ4v) is 4.41. The maximum Gasteiger partial charge on any atom is 0.139 e. The number of hydrogen-bond donors (Lipinski definition) is 0. The number of alkyl halides is 1. The van der Waals surface area contributed by atoms with Crippen LogP contribution in [0.5, 0.6) is 0 Å². The van der Waals surface area contributed by atoms with E-state index < -0.39 is 0 Å². The Balaban J connectivity index is 2.17. The summed E-state index contributed by atoms with van der Waals surface area (Å²) in [5.74, 6) is 0. The molecule has 2 atom stereocenters. The molecule has 2 bridgehead atoms. The first-order valence-electron chi connectivity index (χ1n) is 5.18. The van der Waals surface area contributed by atoms with E-state index in [9.17, 15) is 0 Å². The second-order valence-electron chi connectivity index (χ2n) is 4.89. The maximum atomic E-state index is 2.70. The summed E-state index contributed by atoms with van der Waals surface area (Å²) >= 11 is 2.70. The van der Waals surface area contributed by atoms with E-state index in [4.69, 9.17) is 0 Å². The summed E-state index contributed by atoms with van der Waals surface area (Å²) in [6.45, 7) is 2.46. The third-order valence-corrected chi connectivity index (χ3v) is 4.93. The van der Waals surface area contributed by atoms with Crippen LogP contribution in [0.15, 0.2) is 0 Å². The highest BCUT2D eigenvalue weighted by atomic mass is 127. The molecule has 2 heteroatoms. The van der Waals surface area contributed by atoms with Gasteiger partial charge in [-0.1, -0.05) is 66.9 Å². The Labute approximate surface area is 90.3 Å². The lowest BCUT2D eigenvalue weighted by atomic mass is 9.40. The van der Waals surface area contributed by atoms with Crippen LogP contribution in [0.2, 0.25) is 5.31 Å². The largest absolute Gasteiger partial charge is 0.139 e. The normalized spacial score (nSPS) is 47.8.